The molecule has 3 nitrogen and oxygen atoms in total. The van der Waals surface area contributed by atoms with Crippen molar-refractivity contribution in [3.63, 3.8) is 0 Å². The standard InChI is InChI=1S/C16H17O3P/c1-16(2,3)12-9-10-14-15(11-12)19-20(18-14)17-13-7-5-4-6-8-13/h4-11H,1-3H3. The fourth-order valence-corrected chi connectivity index (χ4v) is 2.93. The van der Waals surface area contributed by atoms with E-state index in [2.05, 4.69) is 26.8 Å². The molecular weight excluding hydrogens is 271 g/mol. The molecule has 4 heteroatoms. The van der Waals surface area contributed by atoms with Crippen LogP contribution in [0.4, 0.5) is 0 Å². The Morgan fingerprint density at radius 1 is 0.900 bits per heavy atom. The Morgan fingerprint density at radius 2 is 1.60 bits per heavy atom. The van der Waals surface area contributed by atoms with E-state index >= 15 is 0 Å². The molecule has 0 spiro atoms. The molecular formula is C16H17O3P. The van der Waals surface area contributed by atoms with Crippen LogP contribution < -0.4 is 13.6 Å². The minimum Gasteiger partial charge on any atom is -0.409 e. The lowest BCUT2D eigenvalue weighted by Gasteiger charge is -2.18. The van der Waals surface area contributed by atoms with Crippen molar-refractivity contribution in [3.05, 3.63) is 54.1 Å². The lowest BCUT2D eigenvalue weighted by atomic mass is 9.87. The van der Waals surface area contributed by atoms with Crippen molar-refractivity contribution >= 4 is 8.60 Å². The van der Waals surface area contributed by atoms with Crippen LogP contribution in [0.25, 0.3) is 0 Å². The van der Waals surface area contributed by atoms with Gasteiger partial charge >= 0.3 is 8.60 Å². The summed E-state index contributed by atoms with van der Waals surface area (Å²) in [4.78, 5) is 0. The first kappa shape index (κ1) is 13.3. The molecule has 0 saturated heterocycles. The van der Waals surface area contributed by atoms with Gasteiger partial charge in [0.25, 0.3) is 0 Å². The van der Waals surface area contributed by atoms with E-state index in [9.17, 15) is 0 Å². The fraction of sp³-hybridized carbons (Fsp3) is 0.250. The maximum atomic E-state index is 5.77. The molecule has 0 amide bonds. The summed E-state index contributed by atoms with van der Waals surface area (Å²) in [6.07, 6.45) is 0. The van der Waals surface area contributed by atoms with E-state index in [1.165, 1.54) is 5.56 Å². The molecule has 20 heavy (non-hydrogen) atoms. The quantitative estimate of drug-likeness (QED) is 0.723. The van der Waals surface area contributed by atoms with Gasteiger partial charge in [-0.05, 0) is 35.2 Å². The first-order chi connectivity index (χ1) is 9.52. The molecule has 1 aliphatic rings. The third-order valence-corrected chi connectivity index (χ3v) is 4.13. The first-order valence-corrected chi connectivity index (χ1v) is 7.65. The molecule has 3 rings (SSSR count). The van der Waals surface area contributed by atoms with Crippen LogP contribution in [-0.4, -0.2) is 0 Å². The van der Waals surface area contributed by atoms with Gasteiger partial charge in [0.1, 0.15) is 5.75 Å². The maximum absolute atomic E-state index is 5.77. The van der Waals surface area contributed by atoms with Crippen LogP contribution in [0.3, 0.4) is 0 Å². The highest BCUT2D eigenvalue weighted by atomic mass is 31.2. The minimum absolute atomic E-state index is 0.0873. The topological polar surface area (TPSA) is 27.7 Å². The highest BCUT2D eigenvalue weighted by Gasteiger charge is 2.30. The SMILES string of the molecule is CC(C)(C)c1ccc2c(c1)OP(Oc1ccccc1)O2. The summed E-state index contributed by atoms with van der Waals surface area (Å²) in [5.74, 6) is 2.27. The Morgan fingerprint density at radius 3 is 2.30 bits per heavy atom. The molecule has 0 bridgehead atoms. The number of hydrogen-bond donors (Lipinski definition) is 0. The average molecular weight is 288 g/mol. The van der Waals surface area contributed by atoms with Gasteiger partial charge in [-0.1, -0.05) is 45.0 Å². The van der Waals surface area contributed by atoms with E-state index in [1.54, 1.807) is 0 Å². The lowest BCUT2D eigenvalue weighted by molar-refractivity contribution is 0.435. The second-order valence-electron chi connectivity index (χ2n) is 5.72. The van der Waals surface area contributed by atoms with Gasteiger partial charge in [-0.25, -0.2) is 0 Å². The highest BCUT2D eigenvalue weighted by Crippen LogP contribution is 2.53. The van der Waals surface area contributed by atoms with Gasteiger partial charge in [-0.15, -0.1) is 0 Å². The predicted molar refractivity (Wildman–Crippen MR) is 80.4 cm³/mol. The Hall–Kier alpha value is -1.73. The van der Waals surface area contributed by atoms with Gasteiger partial charge in [-0.3, -0.25) is 0 Å². The third-order valence-electron chi connectivity index (χ3n) is 3.08. The number of fused-ring (bicyclic) bond motifs is 1. The predicted octanol–water partition coefficient (Wildman–Crippen LogP) is 5.06. The zero-order chi connectivity index (χ0) is 14.2. The van der Waals surface area contributed by atoms with Crippen LogP contribution in [0, 0.1) is 0 Å². The molecule has 1 unspecified atom stereocenters. The van der Waals surface area contributed by atoms with Crippen molar-refractivity contribution in [1.82, 2.24) is 0 Å². The van der Waals surface area contributed by atoms with Gasteiger partial charge in [0.15, 0.2) is 11.5 Å². The van der Waals surface area contributed by atoms with Crippen LogP contribution >= 0.6 is 8.60 Å². The third kappa shape index (κ3) is 2.73. The second-order valence-corrected chi connectivity index (χ2v) is 6.72. The van der Waals surface area contributed by atoms with Crippen molar-refractivity contribution in [3.8, 4) is 17.2 Å². The van der Waals surface area contributed by atoms with Gasteiger partial charge in [-0.2, -0.15) is 0 Å². The van der Waals surface area contributed by atoms with Gasteiger partial charge < -0.3 is 13.6 Å². The van der Waals surface area contributed by atoms with Crippen LogP contribution in [-0.2, 0) is 5.41 Å². The molecule has 2 aromatic carbocycles. The Bertz CT molecular complexity index is 605. The number of hydrogen-bond acceptors (Lipinski definition) is 3. The Balaban J connectivity index is 1.76. The van der Waals surface area contributed by atoms with E-state index in [4.69, 9.17) is 13.6 Å². The molecule has 0 saturated carbocycles. The summed E-state index contributed by atoms with van der Waals surface area (Å²) in [5.41, 5.74) is 1.31. The van der Waals surface area contributed by atoms with E-state index < -0.39 is 8.60 Å². The molecule has 0 N–H and O–H groups in total. The molecule has 2 aromatic rings. The molecule has 0 fully saturated rings. The summed E-state index contributed by atoms with van der Waals surface area (Å²) in [6.45, 7) is 6.52. The van der Waals surface area contributed by atoms with Crippen LogP contribution in [0.1, 0.15) is 26.3 Å². The molecule has 0 radical (unpaired) electrons. The summed E-state index contributed by atoms with van der Waals surface area (Å²) in [6, 6.07) is 15.6. The van der Waals surface area contributed by atoms with Crippen molar-refractivity contribution in [2.45, 2.75) is 26.2 Å². The van der Waals surface area contributed by atoms with Crippen LogP contribution in [0.2, 0.25) is 0 Å². The van der Waals surface area contributed by atoms with Crippen molar-refractivity contribution in [2.75, 3.05) is 0 Å². The molecule has 0 aromatic heterocycles. The number of para-hydroxylation sites is 1. The summed E-state index contributed by atoms with van der Waals surface area (Å²) < 4.78 is 17.2. The highest BCUT2D eigenvalue weighted by molar-refractivity contribution is 7.43. The van der Waals surface area contributed by atoms with Gasteiger partial charge in [0.05, 0.1) is 0 Å². The van der Waals surface area contributed by atoms with Crippen molar-refractivity contribution < 1.29 is 13.6 Å². The summed E-state index contributed by atoms with van der Waals surface area (Å²) >= 11 is 0. The molecule has 1 heterocycles. The molecule has 1 atom stereocenters. The average Bonchev–Trinajstić information content (AvgIpc) is 2.80. The van der Waals surface area contributed by atoms with E-state index in [1.807, 2.05) is 42.5 Å². The Kier molecular flexibility index (Phi) is 3.31. The monoisotopic (exact) mass is 288 g/mol. The molecule has 0 aliphatic carbocycles. The summed E-state index contributed by atoms with van der Waals surface area (Å²) in [5, 5.41) is 0. The molecule has 1 aliphatic heterocycles. The lowest BCUT2D eigenvalue weighted by Crippen LogP contribution is -2.10. The van der Waals surface area contributed by atoms with Gasteiger partial charge in [0.2, 0.25) is 0 Å². The van der Waals surface area contributed by atoms with Crippen molar-refractivity contribution in [1.29, 1.82) is 0 Å². The molecule has 104 valence electrons. The zero-order valence-corrected chi connectivity index (χ0v) is 12.7. The fourth-order valence-electron chi connectivity index (χ4n) is 1.91. The van der Waals surface area contributed by atoms with E-state index in [0.717, 1.165) is 17.2 Å². The Labute approximate surface area is 120 Å². The largest absolute Gasteiger partial charge is 0.530 e. The number of benzene rings is 2. The van der Waals surface area contributed by atoms with E-state index in [0.29, 0.717) is 0 Å². The summed E-state index contributed by atoms with van der Waals surface area (Å²) in [7, 11) is -1.40. The minimum atomic E-state index is -1.40. The van der Waals surface area contributed by atoms with Gasteiger partial charge in [0, 0.05) is 0 Å². The van der Waals surface area contributed by atoms with Crippen LogP contribution in [0.5, 0.6) is 17.2 Å². The first-order valence-electron chi connectivity index (χ1n) is 6.56. The normalized spacial score (nSPS) is 17.1. The van der Waals surface area contributed by atoms with E-state index in [-0.39, 0.29) is 5.41 Å². The maximum Gasteiger partial charge on any atom is 0.530 e. The zero-order valence-electron chi connectivity index (χ0n) is 11.8. The van der Waals surface area contributed by atoms with Crippen LogP contribution in [0.15, 0.2) is 48.5 Å². The number of rotatable bonds is 2. The second kappa shape index (κ2) is 4.99. The smallest absolute Gasteiger partial charge is 0.409 e. The van der Waals surface area contributed by atoms with Crippen molar-refractivity contribution in [2.24, 2.45) is 0 Å².